The van der Waals surface area contributed by atoms with Crippen molar-refractivity contribution in [3.8, 4) is 11.3 Å². The van der Waals surface area contributed by atoms with Crippen LogP contribution >= 0.6 is 0 Å². The van der Waals surface area contributed by atoms with Gasteiger partial charge < -0.3 is 14.3 Å². The fourth-order valence-corrected chi connectivity index (χ4v) is 6.25. The van der Waals surface area contributed by atoms with Gasteiger partial charge in [-0.3, -0.25) is 0 Å². The van der Waals surface area contributed by atoms with Crippen molar-refractivity contribution in [2.75, 3.05) is 18.4 Å². The normalized spacial score (nSPS) is 18.6. The van der Waals surface area contributed by atoms with Gasteiger partial charge in [-0.15, -0.1) is 0 Å². The maximum absolute atomic E-state index is 11.5. The summed E-state index contributed by atoms with van der Waals surface area (Å²) < 4.78 is 43.4. The van der Waals surface area contributed by atoms with E-state index in [1.165, 1.54) is 23.3 Å². The average Bonchev–Trinajstić information content (AvgIpc) is 3.12. The number of allylic oxidation sites excluding steroid dienone is 5. The van der Waals surface area contributed by atoms with Crippen LogP contribution in [-0.2, 0) is 20.9 Å². The number of anilines is 1. The molecule has 2 heterocycles. The van der Waals surface area contributed by atoms with Crippen molar-refractivity contribution in [1.29, 1.82) is 0 Å². The van der Waals surface area contributed by atoms with Crippen LogP contribution in [0.5, 0.6) is 0 Å². The molecule has 2 aliphatic carbocycles. The minimum atomic E-state index is -4.51. The molecular weight excluding hydrogens is 508 g/mol. The van der Waals surface area contributed by atoms with Gasteiger partial charge in [0.2, 0.25) is 5.36 Å². The fraction of sp³-hybridized carbons (Fsp3) is 0.344. The highest BCUT2D eigenvalue weighted by atomic mass is 32.2. The molecule has 1 aromatic rings. The molecule has 204 valence electrons. The van der Waals surface area contributed by atoms with E-state index in [1.807, 2.05) is 26.0 Å². The Morgan fingerprint density at radius 2 is 1.77 bits per heavy atom. The lowest BCUT2D eigenvalue weighted by Gasteiger charge is -2.31. The van der Waals surface area contributed by atoms with E-state index >= 15 is 0 Å². The second-order valence-corrected chi connectivity index (χ2v) is 12.9. The predicted octanol–water partition coefficient (Wildman–Crippen LogP) is 6.01. The lowest BCUT2D eigenvalue weighted by atomic mass is 9.74. The second-order valence-electron chi connectivity index (χ2n) is 11.5. The highest BCUT2D eigenvalue weighted by molar-refractivity contribution is 7.85. The SMILES string of the molecule is CC[N+](CC)=c1ccc2cc3c(oc-2c1)C=C(/C=C/C=C1\Nc2ccc(S(=O)(=O)[O-])cc2C1(C)C)CC3(C)C. The van der Waals surface area contributed by atoms with Gasteiger partial charge in [-0.25, -0.2) is 13.0 Å². The first-order valence-electron chi connectivity index (χ1n) is 13.5. The predicted molar refractivity (Wildman–Crippen MR) is 156 cm³/mol. The summed E-state index contributed by atoms with van der Waals surface area (Å²) in [6.45, 7) is 14.7. The molecule has 0 radical (unpaired) electrons. The van der Waals surface area contributed by atoms with Crippen LogP contribution in [0, 0.1) is 0 Å². The topological polar surface area (TPSA) is 85.4 Å². The molecule has 0 unspecified atom stereocenters. The molecule has 0 saturated heterocycles. The average molecular weight is 545 g/mol. The van der Waals surface area contributed by atoms with Crippen molar-refractivity contribution in [2.24, 2.45) is 0 Å². The zero-order valence-corrected chi connectivity index (χ0v) is 24.3. The summed E-state index contributed by atoms with van der Waals surface area (Å²) in [6.07, 6.45) is 9.15. The second kappa shape index (κ2) is 9.65. The molecule has 5 rings (SSSR count). The third-order valence-electron chi connectivity index (χ3n) is 8.07. The largest absolute Gasteiger partial charge is 0.744 e. The van der Waals surface area contributed by atoms with Gasteiger partial charge in [0.15, 0.2) is 0 Å². The first-order chi connectivity index (χ1) is 18.3. The van der Waals surface area contributed by atoms with E-state index in [9.17, 15) is 13.0 Å². The Morgan fingerprint density at radius 3 is 2.46 bits per heavy atom. The maximum Gasteiger partial charge on any atom is 0.203 e. The molecule has 7 heteroatoms. The van der Waals surface area contributed by atoms with Crippen molar-refractivity contribution in [1.82, 2.24) is 4.58 Å². The Bertz CT molecular complexity index is 1700. The van der Waals surface area contributed by atoms with E-state index in [2.05, 4.69) is 74.0 Å². The van der Waals surface area contributed by atoms with E-state index < -0.39 is 15.5 Å². The summed E-state index contributed by atoms with van der Waals surface area (Å²) >= 11 is 0. The first-order valence-corrected chi connectivity index (χ1v) is 14.9. The third-order valence-corrected chi connectivity index (χ3v) is 8.90. The lowest BCUT2D eigenvalue weighted by Crippen LogP contribution is -2.29. The van der Waals surface area contributed by atoms with E-state index in [0.29, 0.717) is 0 Å². The van der Waals surface area contributed by atoms with Crippen LogP contribution in [-0.4, -0.2) is 26.1 Å². The first kappa shape index (κ1) is 27.2. The Labute approximate surface area is 231 Å². The Hall–Kier alpha value is -3.42. The minimum Gasteiger partial charge on any atom is -0.744 e. The molecule has 0 atom stereocenters. The van der Waals surface area contributed by atoms with Crippen LogP contribution < -0.4 is 15.2 Å². The zero-order valence-electron chi connectivity index (χ0n) is 23.5. The molecule has 0 aromatic heterocycles. The fourth-order valence-electron chi connectivity index (χ4n) is 5.75. The number of hydrogen-bond donors (Lipinski definition) is 1. The highest BCUT2D eigenvalue weighted by Crippen LogP contribution is 2.45. The van der Waals surface area contributed by atoms with Crippen molar-refractivity contribution in [3.05, 3.63) is 94.2 Å². The number of nitrogens with one attached hydrogen (secondary N) is 1. The molecule has 0 saturated carbocycles. The molecule has 2 aliphatic heterocycles. The van der Waals surface area contributed by atoms with Crippen LogP contribution in [0.2, 0.25) is 0 Å². The molecular formula is C32H36N2O4S. The van der Waals surface area contributed by atoms with Crippen LogP contribution in [0.15, 0.2) is 81.3 Å². The number of hydrogen-bond acceptors (Lipinski definition) is 5. The molecule has 1 N–H and O–H groups in total. The number of nitrogens with zero attached hydrogens (tertiary/aromatic N) is 1. The number of benzene rings is 2. The zero-order chi connectivity index (χ0) is 28.2. The molecule has 0 bridgehead atoms. The Balaban J connectivity index is 1.48. The van der Waals surface area contributed by atoms with Crippen molar-refractivity contribution in [3.63, 3.8) is 0 Å². The Morgan fingerprint density at radius 1 is 1.03 bits per heavy atom. The summed E-state index contributed by atoms with van der Waals surface area (Å²) in [7, 11) is -4.51. The summed E-state index contributed by atoms with van der Waals surface area (Å²) in [6, 6.07) is 13.2. The van der Waals surface area contributed by atoms with E-state index in [-0.39, 0.29) is 10.3 Å². The summed E-state index contributed by atoms with van der Waals surface area (Å²) in [5, 5.41) is 4.55. The Kier molecular flexibility index (Phi) is 6.72. The summed E-state index contributed by atoms with van der Waals surface area (Å²) in [4.78, 5) is -0.207. The standard InChI is InChI=1S/C32H36N2O4S/c1-7-34(8-2)23-13-12-22-17-26-29(38-28(22)18-23)16-21(20-31(26,3)4)10-9-11-30-32(5,6)25-19-24(39(35,36)37)14-15-27(25)33-30/h9-19H,7-8,20H2,1-6H3,(H,35,36,37). The van der Waals surface area contributed by atoms with Gasteiger partial charge in [0.1, 0.15) is 34.7 Å². The number of fused-ring (bicyclic) bond motifs is 3. The quantitative estimate of drug-likeness (QED) is 0.314. The van der Waals surface area contributed by atoms with E-state index in [1.54, 1.807) is 6.07 Å². The van der Waals surface area contributed by atoms with Gasteiger partial charge in [0.25, 0.3) is 0 Å². The van der Waals surface area contributed by atoms with Crippen LogP contribution in [0.4, 0.5) is 5.69 Å². The van der Waals surface area contributed by atoms with Gasteiger partial charge >= 0.3 is 0 Å². The van der Waals surface area contributed by atoms with Crippen LogP contribution in [0.1, 0.15) is 64.9 Å². The van der Waals surface area contributed by atoms with Gasteiger partial charge in [-0.05, 0) is 79.3 Å². The lowest BCUT2D eigenvalue weighted by molar-refractivity contribution is 0.462. The molecule has 0 fully saturated rings. The maximum atomic E-state index is 11.5. The van der Waals surface area contributed by atoms with Crippen molar-refractivity contribution < 1.29 is 17.4 Å². The smallest absolute Gasteiger partial charge is 0.203 e. The molecule has 6 nitrogen and oxygen atoms in total. The molecule has 0 spiro atoms. The van der Waals surface area contributed by atoms with Gasteiger partial charge in [-0.2, -0.15) is 0 Å². The van der Waals surface area contributed by atoms with Crippen LogP contribution in [0.3, 0.4) is 0 Å². The van der Waals surface area contributed by atoms with Crippen molar-refractivity contribution >= 4 is 21.9 Å². The van der Waals surface area contributed by atoms with E-state index in [4.69, 9.17) is 4.42 Å². The monoisotopic (exact) mass is 544 g/mol. The van der Waals surface area contributed by atoms with Gasteiger partial charge in [-0.1, -0.05) is 39.8 Å². The van der Waals surface area contributed by atoms with Gasteiger partial charge in [0, 0.05) is 34.0 Å². The number of rotatable bonds is 5. The van der Waals surface area contributed by atoms with Crippen LogP contribution in [0.25, 0.3) is 17.4 Å². The third kappa shape index (κ3) is 5.01. The molecule has 4 aliphatic rings. The van der Waals surface area contributed by atoms with Crippen molar-refractivity contribution in [2.45, 2.75) is 63.7 Å². The molecule has 39 heavy (non-hydrogen) atoms. The minimum absolute atomic E-state index is 0.0898. The summed E-state index contributed by atoms with van der Waals surface area (Å²) in [5.74, 6) is 1.77. The molecule has 0 amide bonds. The molecule has 1 aromatic carbocycles. The highest BCUT2D eigenvalue weighted by Gasteiger charge is 2.35. The summed E-state index contributed by atoms with van der Waals surface area (Å²) in [5.41, 5.74) is 5.47. The van der Waals surface area contributed by atoms with E-state index in [0.717, 1.165) is 58.9 Å². The van der Waals surface area contributed by atoms with Gasteiger partial charge in [0.05, 0.1) is 11.0 Å².